The summed E-state index contributed by atoms with van der Waals surface area (Å²) < 4.78 is 5.52. The molecule has 0 aliphatic heterocycles. The molecule has 1 amide bonds. The van der Waals surface area contributed by atoms with Crippen LogP contribution in [0.5, 0.6) is 5.75 Å². The quantitative estimate of drug-likeness (QED) is 0.909. The lowest BCUT2D eigenvalue weighted by Gasteiger charge is -2.15. The standard InChI is InChI=1S/C17H18ClNO2/c1-12-5-3-4-6-16(12)21-11-17(20)19-13(2)14-7-9-15(18)10-8-14/h3-10,13H,11H2,1-2H3,(H,19,20). The van der Waals surface area contributed by atoms with Gasteiger partial charge in [0.25, 0.3) is 5.91 Å². The third-order valence-corrected chi connectivity index (χ3v) is 3.45. The number of benzene rings is 2. The third-order valence-electron chi connectivity index (χ3n) is 3.20. The van der Waals surface area contributed by atoms with E-state index < -0.39 is 0 Å². The minimum Gasteiger partial charge on any atom is -0.484 e. The first-order chi connectivity index (χ1) is 10.1. The first-order valence-electron chi connectivity index (χ1n) is 6.79. The van der Waals surface area contributed by atoms with Crippen LogP contribution in [0.3, 0.4) is 0 Å². The SMILES string of the molecule is Cc1ccccc1OCC(=O)NC(C)c1ccc(Cl)cc1. The Bertz CT molecular complexity index is 610. The first-order valence-corrected chi connectivity index (χ1v) is 7.17. The molecule has 110 valence electrons. The Labute approximate surface area is 129 Å². The molecule has 0 aliphatic carbocycles. The van der Waals surface area contributed by atoms with Crippen LogP contribution in [0.2, 0.25) is 5.02 Å². The van der Waals surface area contributed by atoms with Crippen molar-refractivity contribution in [3.05, 3.63) is 64.7 Å². The molecule has 0 fully saturated rings. The molecule has 0 saturated heterocycles. The highest BCUT2D eigenvalue weighted by Crippen LogP contribution is 2.17. The summed E-state index contributed by atoms with van der Waals surface area (Å²) in [4.78, 5) is 11.9. The number of amides is 1. The van der Waals surface area contributed by atoms with Crippen molar-refractivity contribution in [2.24, 2.45) is 0 Å². The van der Waals surface area contributed by atoms with E-state index in [1.54, 1.807) is 0 Å². The van der Waals surface area contributed by atoms with E-state index in [2.05, 4.69) is 5.32 Å². The van der Waals surface area contributed by atoms with Crippen LogP contribution in [0.15, 0.2) is 48.5 Å². The van der Waals surface area contributed by atoms with Crippen LogP contribution in [-0.2, 0) is 4.79 Å². The molecule has 1 unspecified atom stereocenters. The largest absolute Gasteiger partial charge is 0.484 e. The predicted molar refractivity (Wildman–Crippen MR) is 84.7 cm³/mol. The van der Waals surface area contributed by atoms with Crippen LogP contribution >= 0.6 is 11.6 Å². The van der Waals surface area contributed by atoms with E-state index in [4.69, 9.17) is 16.3 Å². The number of halogens is 1. The number of aryl methyl sites for hydroxylation is 1. The Morgan fingerprint density at radius 2 is 1.86 bits per heavy atom. The molecule has 0 aliphatic rings. The number of carbonyl (C=O) groups is 1. The van der Waals surface area contributed by atoms with Crippen molar-refractivity contribution >= 4 is 17.5 Å². The van der Waals surface area contributed by atoms with Crippen LogP contribution in [0, 0.1) is 6.92 Å². The number of rotatable bonds is 5. The zero-order valence-corrected chi connectivity index (χ0v) is 12.9. The first kappa shape index (κ1) is 15.4. The van der Waals surface area contributed by atoms with Crippen molar-refractivity contribution in [1.82, 2.24) is 5.32 Å². The lowest BCUT2D eigenvalue weighted by atomic mass is 10.1. The minimum atomic E-state index is -0.152. The molecule has 1 N–H and O–H groups in total. The van der Waals surface area contributed by atoms with Crippen molar-refractivity contribution in [2.75, 3.05) is 6.61 Å². The normalized spacial score (nSPS) is 11.8. The molecule has 0 saturated carbocycles. The van der Waals surface area contributed by atoms with Gasteiger partial charge in [-0.3, -0.25) is 4.79 Å². The maximum absolute atomic E-state index is 11.9. The summed E-state index contributed by atoms with van der Waals surface area (Å²) in [5.74, 6) is 0.576. The molecule has 2 rings (SSSR count). The summed E-state index contributed by atoms with van der Waals surface area (Å²) in [6.45, 7) is 3.88. The fourth-order valence-electron chi connectivity index (χ4n) is 1.98. The molecule has 1 atom stereocenters. The van der Waals surface area contributed by atoms with E-state index in [-0.39, 0.29) is 18.6 Å². The molecular formula is C17H18ClNO2. The highest BCUT2D eigenvalue weighted by atomic mass is 35.5. The van der Waals surface area contributed by atoms with E-state index in [1.807, 2.05) is 62.4 Å². The monoisotopic (exact) mass is 303 g/mol. The van der Waals surface area contributed by atoms with Gasteiger partial charge in [0.15, 0.2) is 6.61 Å². The molecule has 0 bridgehead atoms. The van der Waals surface area contributed by atoms with Crippen LogP contribution in [0.1, 0.15) is 24.1 Å². The molecule has 0 heterocycles. The topological polar surface area (TPSA) is 38.3 Å². The van der Waals surface area contributed by atoms with E-state index in [9.17, 15) is 4.79 Å². The highest BCUT2D eigenvalue weighted by Gasteiger charge is 2.10. The van der Waals surface area contributed by atoms with Crippen molar-refractivity contribution in [1.29, 1.82) is 0 Å². The summed E-state index contributed by atoms with van der Waals surface area (Å²) in [5, 5.41) is 3.58. The average molecular weight is 304 g/mol. The van der Waals surface area contributed by atoms with Gasteiger partial charge in [0.2, 0.25) is 0 Å². The van der Waals surface area contributed by atoms with Crippen LogP contribution in [0.25, 0.3) is 0 Å². The van der Waals surface area contributed by atoms with Gasteiger partial charge in [-0.25, -0.2) is 0 Å². The fourth-order valence-corrected chi connectivity index (χ4v) is 2.11. The molecule has 0 spiro atoms. The van der Waals surface area contributed by atoms with Crippen molar-refractivity contribution in [3.8, 4) is 5.75 Å². The predicted octanol–water partition coefficient (Wildman–Crippen LogP) is 3.90. The molecule has 2 aromatic rings. The number of para-hydroxylation sites is 1. The molecule has 21 heavy (non-hydrogen) atoms. The molecular weight excluding hydrogens is 286 g/mol. The molecule has 4 heteroatoms. The lowest BCUT2D eigenvalue weighted by molar-refractivity contribution is -0.123. The van der Waals surface area contributed by atoms with Crippen molar-refractivity contribution in [3.63, 3.8) is 0 Å². The number of hydrogen-bond acceptors (Lipinski definition) is 2. The highest BCUT2D eigenvalue weighted by molar-refractivity contribution is 6.30. The van der Waals surface area contributed by atoms with Gasteiger partial charge in [-0.1, -0.05) is 41.9 Å². The summed E-state index contributed by atoms with van der Waals surface area (Å²) in [6.07, 6.45) is 0. The zero-order chi connectivity index (χ0) is 15.2. The molecule has 3 nitrogen and oxygen atoms in total. The van der Waals surface area contributed by atoms with E-state index in [0.29, 0.717) is 5.02 Å². The minimum absolute atomic E-state index is 0.00276. The Morgan fingerprint density at radius 1 is 1.19 bits per heavy atom. The smallest absolute Gasteiger partial charge is 0.258 e. The fraction of sp³-hybridized carbons (Fsp3) is 0.235. The summed E-state index contributed by atoms with van der Waals surface area (Å²) in [5.41, 5.74) is 2.01. The zero-order valence-electron chi connectivity index (χ0n) is 12.1. The van der Waals surface area contributed by atoms with Gasteiger partial charge in [-0.05, 0) is 43.2 Å². The molecule has 2 aromatic carbocycles. The second-order valence-electron chi connectivity index (χ2n) is 4.89. The summed E-state index contributed by atoms with van der Waals surface area (Å²) >= 11 is 5.85. The number of carbonyl (C=O) groups excluding carboxylic acids is 1. The second-order valence-corrected chi connectivity index (χ2v) is 5.33. The van der Waals surface area contributed by atoms with Crippen molar-refractivity contribution < 1.29 is 9.53 Å². The Morgan fingerprint density at radius 3 is 2.52 bits per heavy atom. The maximum Gasteiger partial charge on any atom is 0.258 e. The van der Waals surface area contributed by atoms with Crippen LogP contribution in [-0.4, -0.2) is 12.5 Å². The van der Waals surface area contributed by atoms with Gasteiger partial charge < -0.3 is 10.1 Å². The van der Waals surface area contributed by atoms with Gasteiger partial charge in [0.1, 0.15) is 5.75 Å². The number of nitrogens with one attached hydrogen (secondary N) is 1. The summed E-state index contributed by atoms with van der Waals surface area (Å²) in [6, 6.07) is 14.9. The van der Waals surface area contributed by atoms with Gasteiger partial charge in [-0.2, -0.15) is 0 Å². The Hall–Kier alpha value is -2.00. The van der Waals surface area contributed by atoms with Crippen LogP contribution < -0.4 is 10.1 Å². The van der Waals surface area contributed by atoms with E-state index in [1.165, 1.54) is 0 Å². The Kier molecular flexibility index (Phi) is 5.23. The lowest BCUT2D eigenvalue weighted by Crippen LogP contribution is -2.31. The van der Waals surface area contributed by atoms with Crippen molar-refractivity contribution in [2.45, 2.75) is 19.9 Å². The van der Waals surface area contributed by atoms with Crippen LogP contribution in [0.4, 0.5) is 0 Å². The summed E-state index contributed by atoms with van der Waals surface area (Å²) in [7, 11) is 0. The number of hydrogen-bond donors (Lipinski definition) is 1. The van der Waals surface area contributed by atoms with Gasteiger partial charge in [-0.15, -0.1) is 0 Å². The molecule has 0 radical (unpaired) electrons. The molecule has 0 aromatic heterocycles. The van der Waals surface area contributed by atoms with Gasteiger partial charge in [0, 0.05) is 5.02 Å². The Balaban J connectivity index is 1.87. The van der Waals surface area contributed by atoms with Gasteiger partial charge >= 0.3 is 0 Å². The number of ether oxygens (including phenoxy) is 1. The van der Waals surface area contributed by atoms with E-state index in [0.717, 1.165) is 16.9 Å². The third kappa shape index (κ3) is 4.50. The van der Waals surface area contributed by atoms with Gasteiger partial charge in [0.05, 0.1) is 6.04 Å². The maximum atomic E-state index is 11.9. The van der Waals surface area contributed by atoms with E-state index >= 15 is 0 Å². The average Bonchev–Trinajstić information content (AvgIpc) is 2.47. The second kappa shape index (κ2) is 7.14.